The molecule has 0 amide bonds. The lowest BCUT2D eigenvalue weighted by Crippen LogP contribution is -2.21. The largest absolute Gasteiger partial charge is 0.435 e. The van der Waals surface area contributed by atoms with E-state index >= 15 is 0 Å². The highest BCUT2D eigenvalue weighted by atomic mass is 79.9. The third kappa shape index (κ3) is 2.29. The minimum absolute atomic E-state index is 0.347. The van der Waals surface area contributed by atoms with E-state index in [1.807, 2.05) is 4.90 Å². The monoisotopic (exact) mass is 334 g/mol. The van der Waals surface area contributed by atoms with Crippen LogP contribution in [0.3, 0.4) is 0 Å². The van der Waals surface area contributed by atoms with Crippen molar-refractivity contribution in [1.29, 1.82) is 0 Å². The molecular formula is C11H10BrF3N4. The zero-order valence-corrected chi connectivity index (χ0v) is 11.3. The van der Waals surface area contributed by atoms with E-state index in [-0.39, 0.29) is 0 Å². The predicted octanol–water partition coefficient (Wildman–Crippen LogP) is 2.72. The maximum Gasteiger partial charge on any atom is 0.435 e. The molecule has 0 N–H and O–H groups in total. The van der Waals surface area contributed by atoms with Crippen LogP contribution in [0.2, 0.25) is 0 Å². The van der Waals surface area contributed by atoms with Gasteiger partial charge in [-0.3, -0.25) is 0 Å². The van der Waals surface area contributed by atoms with E-state index < -0.39 is 11.9 Å². The molecule has 1 fully saturated rings. The SMILES string of the molecule is FC(F)(F)c1cc2c(N3CCC(Br)C3)nccn2n1. The molecule has 1 atom stereocenters. The maximum atomic E-state index is 12.7. The lowest BCUT2D eigenvalue weighted by Gasteiger charge is -2.17. The first-order valence-corrected chi connectivity index (χ1v) is 6.67. The molecule has 0 spiro atoms. The lowest BCUT2D eigenvalue weighted by atomic mass is 10.3. The van der Waals surface area contributed by atoms with Crippen LogP contribution < -0.4 is 4.90 Å². The van der Waals surface area contributed by atoms with E-state index in [1.165, 1.54) is 16.9 Å². The van der Waals surface area contributed by atoms with Gasteiger partial charge in [-0.05, 0) is 6.42 Å². The van der Waals surface area contributed by atoms with E-state index in [0.717, 1.165) is 25.6 Å². The molecule has 3 heterocycles. The van der Waals surface area contributed by atoms with E-state index in [1.54, 1.807) is 0 Å². The summed E-state index contributed by atoms with van der Waals surface area (Å²) in [6, 6.07) is 1.05. The average molecular weight is 335 g/mol. The highest BCUT2D eigenvalue weighted by molar-refractivity contribution is 9.09. The Hall–Kier alpha value is -1.31. The van der Waals surface area contributed by atoms with Gasteiger partial charge >= 0.3 is 6.18 Å². The van der Waals surface area contributed by atoms with Crippen molar-refractivity contribution in [2.24, 2.45) is 0 Å². The van der Waals surface area contributed by atoms with Crippen LogP contribution in [0.15, 0.2) is 18.5 Å². The molecular weight excluding hydrogens is 325 g/mol. The molecule has 0 saturated carbocycles. The van der Waals surface area contributed by atoms with Crippen molar-refractivity contribution in [3.8, 4) is 0 Å². The van der Waals surface area contributed by atoms with Gasteiger partial charge in [0.25, 0.3) is 0 Å². The molecule has 19 heavy (non-hydrogen) atoms. The number of rotatable bonds is 1. The van der Waals surface area contributed by atoms with Gasteiger partial charge in [-0.1, -0.05) is 15.9 Å². The fourth-order valence-corrected chi connectivity index (χ4v) is 2.75. The maximum absolute atomic E-state index is 12.7. The van der Waals surface area contributed by atoms with E-state index in [4.69, 9.17) is 0 Å². The topological polar surface area (TPSA) is 33.4 Å². The fraction of sp³-hybridized carbons (Fsp3) is 0.455. The number of alkyl halides is 4. The highest BCUT2D eigenvalue weighted by Crippen LogP contribution is 2.32. The number of aromatic nitrogens is 3. The first kappa shape index (κ1) is 12.7. The number of nitrogens with zero attached hydrogens (tertiary/aromatic N) is 4. The smallest absolute Gasteiger partial charge is 0.354 e. The molecule has 0 aromatic carbocycles. The molecule has 1 saturated heterocycles. The Morgan fingerprint density at radius 1 is 1.37 bits per heavy atom. The van der Waals surface area contributed by atoms with E-state index in [9.17, 15) is 13.2 Å². The summed E-state index contributed by atoms with van der Waals surface area (Å²) in [7, 11) is 0. The lowest BCUT2D eigenvalue weighted by molar-refractivity contribution is -0.141. The normalized spacial score (nSPS) is 20.4. The standard InChI is InChI=1S/C11H10BrF3N4/c12-7-1-3-18(6-7)10-8-5-9(11(13,14)15)17-19(8)4-2-16-10/h2,4-5,7H,1,3,6H2. The Bertz CT molecular complexity index is 609. The summed E-state index contributed by atoms with van der Waals surface area (Å²) in [4.78, 5) is 6.51. The van der Waals surface area contributed by atoms with Crippen LogP contribution in [0.5, 0.6) is 0 Å². The van der Waals surface area contributed by atoms with Crippen LogP contribution in [0.25, 0.3) is 5.52 Å². The van der Waals surface area contributed by atoms with Gasteiger partial charge in [-0.25, -0.2) is 9.50 Å². The molecule has 2 aromatic rings. The van der Waals surface area contributed by atoms with Crippen molar-refractivity contribution in [3.63, 3.8) is 0 Å². The minimum atomic E-state index is -4.44. The van der Waals surface area contributed by atoms with Crippen molar-refractivity contribution in [1.82, 2.24) is 14.6 Å². The van der Waals surface area contributed by atoms with Gasteiger partial charge in [0, 0.05) is 36.4 Å². The molecule has 102 valence electrons. The molecule has 2 aromatic heterocycles. The molecule has 3 rings (SSSR count). The predicted molar refractivity (Wildman–Crippen MR) is 67.5 cm³/mol. The Morgan fingerprint density at radius 2 is 2.16 bits per heavy atom. The molecule has 1 aliphatic rings. The summed E-state index contributed by atoms with van der Waals surface area (Å²) in [5.41, 5.74) is -0.507. The Kier molecular flexibility index (Phi) is 2.92. The van der Waals surface area contributed by atoms with Crippen LogP contribution in [-0.2, 0) is 6.18 Å². The van der Waals surface area contributed by atoms with Crippen molar-refractivity contribution in [3.05, 3.63) is 24.2 Å². The Morgan fingerprint density at radius 3 is 2.79 bits per heavy atom. The van der Waals surface area contributed by atoms with Crippen LogP contribution >= 0.6 is 15.9 Å². The molecule has 0 radical (unpaired) electrons. The third-order valence-electron chi connectivity index (χ3n) is 3.09. The second-order valence-electron chi connectivity index (χ2n) is 4.44. The fourth-order valence-electron chi connectivity index (χ4n) is 2.20. The molecule has 0 aliphatic carbocycles. The number of halogens is 4. The van der Waals surface area contributed by atoms with Gasteiger partial charge < -0.3 is 4.90 Å². The van der Waals surface area contributed by atoms with Crippen molar-refractivity contribution >= 4 is 27.3 Å². The average Bonchev–Trinajstić information content (AvgIpc) is 2.93. The van der Waals surface area contributed by atoms with Gasteiger partial charge in [-0.15, -0.1) is 0 Å². The van der Waals surface area contributed by atoms with Crippen LogP contribution in [0.4, 0.5) is 19.0 Å². The summed E-state index contributed by atoms with van der Waals surface area (Å²) < 4.78 is 39.3. The number of anilines is 1. The molecule has 4 nitrogen and oxygen atoms in total. The van der Waals surface area contributed by atoms with Gasteiger partial charge in [0.05, 0.1) is 0 Å². The second kappa shape index (κ2) is 4.36. The quantitative estimate of drug-likeness (QED) is 0.752. The summed E-state index contributed by atoms with van der Waals surface area (Å²) in [6.07, 6.45) is -0.595. The van der Waals surface area contributed by atoms with Crippen molar-refractivity contribution in [2.45, 2.75) is 17.4 Å². The zero-order valence-electron chi connectivity index (χ0n) is 9.73. The van der Waals surface area contributed by atoms with Crippen molar-refractivity contribution in [2.75, 3.05) is 18.0 Å². The minimum Gasteiger partial charge on any atom is -0.354 e. The van der Waals surface area contributed by atoms with Crippen LogP contribution in [0.1, 0.15) is 12.1 Å². The summed E-state index contributed by atoms with van der Waals surface area (Å²) in [5.74, 6) is 0.549. The molecule has 1 unspecified atom stereocenters. The van der Waals surface area contributed by atoms with Gasteiger partial charge in [0.15, 0.2) is 11.5 Å². The van der Waals surface area contributed by atoms with Crippen molar-refractivity contribution < 1.29 is 13.2 Å². The van der Waals surface area contributed by atoms with Gasteiger partial charge in [-0.2, -0.15) is 18.3 Å². The Labute approximate surface area is 115 Å². The number of hydrogen-bond acceptors (Lipinski definition) is 3. The first-order chi connectivity index (χ1) is 8.95. The first-order valence-electron chi connectivity index (χ1n) is 5.76. The van der Waals surface area contributed by atoms with E-state index in [2.05, 4.69) is 26.0 Å². The summed E-state index contributed by atoms with van der Waals surface area (Å²) in [5, 5.41) is 3.55. The molecule has 0 bridgehead atoms. The second-order valence-corrected chi connectivity index (χ2v) is 5.73. The summed E-state index contributed by atoms with van der Waals surface area (Å²) >= 11 is 3.51. The van der Waals surface area contributed by atoms with Crippen LogP contribution in [0, 0.1) is 0 Å². The third-order valence-corrected chi connectivity index (χ3v) is 3.84. The summed E-state index contributed by atoms with van der Waals surface area (Å²) in [6.45, 7) is 1.51. The van der Waals surface area contributed by atoms with Gasteiger partial charge in [0.2, 0.25) is 0 Å². The molecule has 1 aliphatic heterocycles. The Balaban J connectivity index is 2.08. The highest BCUT2D eigenvalue weighted by Gasteiger charge is 2.35. The molecule has 8 heteroatoms. The van der Waals surface area contributed by atoms with E-state index in [0.29, 0.717) is 16.2 Å². The van der Waals surface area contributed by atoms with Gasteiger partial charge in [0.1, 0.15) is 5.52 Å². The zero-order chi connectivity index (χ0) is 13.6. The van der Waals surface area contributed by atoms with Crippen LogP contribution in [-0.4, -0.2) is 32.5 Å². The number of hydrogen-bond donors (Lipinski definition) is 0. The number of fused-ring (bicyclic) bond motifs is 1.